The van der Waals surface area contributed by atoms with Crippen LogP contribution in [0.15, 0.2) is 42.7 Å². The summed E-state index contributed by atoms with van der Waals surface area (Å²) in [6, 6.07) is 10.4. The van der Waals surface area contributed by atoms with Gasteiger partial charge in [-0.05, 0) is 374 Å². The van der Waals surface area contributed by atoms with E-state index in [4.69, 9.17) is 18.9 Å². The third kappa shape index (κ3) is 4.41. The molecule has 1 heterocycles. The largest absolute Gasteiger partial charge is 0.493 e. The number of aromatic nitrogens is 1. The van der Waals surface area contributed by atoms with Gasteiger partial charge in [0.1, 0.15) is 18.1 Å². The number of nitrogens with zero attached hydrogens (tertiary/aromatic N) is 1. The minimum Gasteiger partial charge on any atom is -0.493 e. The van der Waals surface area contributed by atoms with Crippen molar-refractivity contribution in [2.75, 3.05) is 19.8 Å². The molecule has 35 rings (SSSR count). The maximum Gasteiger partial charge on any atom is 0.326 e. The third-order valence-electron chi connectivity index (χ3n) is 33.4. The summed E-state index contributed by atoms with van der Waals surface area (Å²) >= 11 is 0. The molecule has 0 aliphatic heterocycles. The summed E-state index contributed by atoms with van der Waals surface area (Å²) in [7, 11) is 0. The van der Waals surface area contributed by atoms with Gasteiger partial charge in [0, 0.05) is 18.5 Å². The first-order chi connectivity index (χ1) is 54.1. The molecule has 0 bridgehead atoms. The Morgan fingerprint density at radius 2 is 0.505 bits per heavy atom. The highest BCUT2D eigenvalue weighted by molar-refractivity contribution is 6.82. The second-order valence-electron chi connectivity index (χ2n) is 37.0. The van der Waals surface area contributed by atoms with Crippen LogP contribution in [-0.2, 0) is 42.9 Å². The normalized spacial score (nSPS) is 19.7. The van der Waals surface area contributed by atoms with Crippen molar-refractivity contribution in [2.24, 2.45) is 5.41 Å². The van der Waals surface area contributed by atoms with E-state index in [0.29, 0.717) is 26.1 Å². The fourth-order valence-electron chi connectivity index (χ4n) is 31.1. The molecule has 7 heteroatoms. The minimum atomic E-state index is -1.88. The first-order valence-corrected chi connectivity index (χ1v) is 42.5. The van der Waals surface area contributed by atoms with Crippen molar-refractivity contribution < 1.29 is 28.5 Å². The number of pyridine rings is 1. The van der Waals surface area contributed by atoms with Gasteiger partial charge >= 0.3 is 11.9 Å². The van der Waals surface area contributed by atoms with Crippen molar-refractivity contribution in [1.29, 1.82) is 0 Å². The molecule has 0 unspecified atom stereocenters. The maximum atomic E-state index is 18.4. The number of hydrogen-bond donors (Lipinski definition) is 0. The van der Waals surface area contributed by atoms with E-state index in [9.17, 15) is 0 Å². The molecular weight excluding hydrogens is 1340 g/mol. The quantitative estimate of drug-likeness (QED) is 0.0180. The number of unbranched alkanes of at least 4 members (excludes halogenated alkanes) is 18. The Bertz CT molecular complexity index is 8110. The number of hydrogen-bond acceptors (Lipinski definition) is 7. The van der Waals surface area contributed by atoms with E-state index in [2.05, 4.69) is 49.2 Å². The summed E-state index contributed by atoms with van der Waals surface area (Å²) in [5.41, 5.74) is 2.65. The van der Waals surface area contributed by atoms with Crippen molar-refractivity contribution in [1.82, 2.24) is 4.98 Å². The van der Waals surface area contributed by atoms with Crippen LogP contribution in [0.4, 0.5) is 0 Å². The second-order valence-corrected chi connectivity index (χ2v) is 37.0. The van der Waals surface area contributed by atoms with Crippen LogP contribution in [0.2, 0.25) is 0 Å². The van der Waals surface area contributed by atoms with E-state index < -0.39 is 28.2 Å². The van der Waals surface area contributed by atoms with E-state index in [-0.39, 0.29) is 13.2 Å². The van der Waals surface area contributed by atoms with Gasteiger partial charge in [-0.3, -0.25) is 14.6 Å². The number of carbonyl (C=O) groups is 2. The van der Waals surface area contributed by atoms with Gasteiger partial charge in [0.2, 0.25) is 0 Å². The average Bonchev–Trinajstić information content (AvgIpc) is 1.35. The van der Waals surface area contributed by atoms with Crippen LogP contribution >= 0.6 is 0 Å². The van der Waals surface area contributed by atoms with Crippen LogP contribution in [0.5, 0.6) is 11.5 Å². The third-order valence-corrected chi connectivity index (χ3v) is 33.4. The van der Waals surface area contributed by atoms with Crippen LogP contribution in [0.1, 0.15) is 182 Å². The van der Waals surface area contributed by atoms with Gasteiger partial charge in [0.15, 0.2) is 5.41 Å². The standard InChI is InChI=1S/C102H65NO6/c1-3-5-7-9-11-13-15-17-19-21-29-106-38-32-37(33-39(34-38)107-30-22-20-18-16-14-12-10-8-6-4-2)35-109-99(105)102(98(104)108-31-23-24-36-25-27-103-28-26-36)100-94-86-78-68-58-50-42-40-41-44-48-46(42)54-62-56(48)66-60-52(44)53-45(41)49-47-43(40)51(50)59-65-55(47)63-57(49)67-61(53)71-70(60)80-74(66)84-76(62)82(72(78)64(54)58)90(94)92(84)96-88(80)89-81(71)75(67)85-77(63)83-73(65)79(69(59)68)87(86)95(100)91(83)93(85)97(89)101(96,100)102/h25-28,32-34H,3-24,29-31,35H2,1-2H3. The zero-order valence-corrected chi connectivity index (χ0v) is 60.8. The van der Waals surface area contributed by atoms with Gasteiger partial charge in [0.25, 0.3) is 0 Å². The van der Waals surface area contributed by atoms with Gasteiger partial charge in [-0.15, -0.1) is 0 Å². The van der Waals surface area contributed by atoms with Crippen molar-refractivity contribution >= 4 is 303 Å². The molecular formula is C102H65NO6. The van der Waals surface area contributed by atoms with Crippen molar-refractivity contribution in [3.05, 3.63) is 76.1 Å². The lowest BCUT2D eigenvalue weighted by molar-refractivity contribution is -0.167. The van der Waals surface area contributed by atoms with Crippen LogP contribution in [-0.4, -0.2) is 36.7 Å². The molecule has 29 aromatic carbocycles. The molecule has 0 radical (unpaired) electrons. The number of carbonyl (C=O) groups excluding carboxylic acids is 2. The fraction of sp³-hybridized carbons (Fsp3) is 0.304. The van der Waals surface area contributed by atoms with E-state index in [1.165, 1.54) is 362 Å². The van der Waals surface area contributed by atoms with Crippen molar-refractivity contribution in [3.63, 3.8) is 0 Å². The topological polar surface area (TPSA) is 84.0 Å². The van der Waals surface area contributed by atoms with Crippen LogP contribution in [0.3, 0.4) is 0 Å². The molecule has 1 fully saturated rings. The number of esters is 2. The zero-order valence-electron chi connectivity index (χ0n) is 60.8. The average molecular weight is 1400 g/mol. The lowest BCUT2D eigenvalue weighted by Crippen LogP contribution is -2.38. The Labute approximate surface area is 617 Å². The Kier molecular flexibility index (Phi) is 7.96. The predicted molar refractivity (Wildman–Crippen MR) is 451 cm³/mol. The molecule has 109 heavy (non-hydrogen) atoms. The molecule has 0 saturated heterocycles. The highest BCUT2D eigenvalue weighted by Gasteiger charge is 3.01. The second kappa shape index (κ2) is 16.0. The molecule has 5 aliphatic rings. The predicted octanol–water partition coefficient (Wildman–Crippen LogP) is 27.2. The number of rotatable bonds is 32. The Morgan fingerprint density at radius 1 is 0.266 bits per heavy atom. The van der Waals surface area contributed by atoms with E-state index in [1.54, 1.807) is 53.9 Å². The molecule has 0 amide bonds. The summed E-state index contributed by atoms with van der Waals surface area (Å²) in [5.74, 6) is 0.601. The van der Waals surface area contributed by atoms with Gasteiger partial charge in [-0.1, -0.05) is 129 Å². The first kappa shape index (κ1) is 54.0. The highest BCUT2D eigenvalue weighted by atomic mass is 16.6. The lowest BCUT2D eigenvalue weighted by atomic mass is 9.68. The molecule has 7 nitrogen and oxygen atoms in total. The monoisotopic (exact) mass is 1400 g/mol. The van der Waals surface area contributed by atoms with Crippen molar-refractivity contribution in [3.8, 4) is 11.5 Å². The van der Waals surface area contributed by atoms with E-state index in [1.807, 2.05) is 12.4 Å². The zero-order chi connectivity index (χ0) is 69.3. The summed E-state index contributed by atoms with van der Waals surface area (Å²) in [4.78, 5) is 41.0. The smallest absolute Gasteiger partial charge is 0.326 e. The number of benzene rings is 19. The van der Waals surface area contributed by atoms with Gasteiger partial charge in [0.05, 0.1) is 30.7 Å². The molecule has 5 aliphatic carbocycles. The van der Waals surface area contributed by atoms with Crippen LogP contribution in [0.25, 0.3) is 291 Å². The van der Waals surface area contributed by atoms with Gasteiger partial charge < -0.3 is 18.9 Å². The number of aryl methyl sites for hydroxylation is 1. The summed E-state index contributed by atoms with van der Waals surface area (Å²) < 4.78 is 28.6. The SMILES string of the molecule is CCCCCCCCCCCCOc1cc(COC(=O)C2(C(=O)OCCCc3ccncc3)C34c5c6c7c8c9c%10c(c%11c%12c3c3c5c5c%13c6c6c7c7c9c9c%14c%10c%10c%11c%11c%12c%12c3c3c5c5c%13c%13c6c6c7c9c7c9c%14c%10c%10c%11c%11c%12c3c3c5c5c%13c6c7c6c9c%10c%11c3c56)C824)cc(OCCCCCCCCCCCC)c1. The molecule has 1 aromatic heterocycles. The first-order valence-electron chi connectivity index (χ1n) is 42.5. The molecule has 30 aromatic rings. The van der Waals surface area contributed by atoms with Crippen LogP contribution in [0, 0.1) is 5.41 Å². The summed E-state index contributed by atoms with van der Waals surface area (Å²) in [5, 5.41) is 79.2. The van der Waals surface area contributed by atoms with Crippen molar-refractivity contribution in [2.45, 2.75) is 173 Å². The molecule has 1 saturated carbocycles. The lowest BCUT2D eigenvalue weighted by Gasteiger charge is -2.32. The minimum absolute atomic E-state index is 0.0505. The van der Waals surface area contributed by atoms with Gasteiger partial charge in [-0.2, -0.15) is 0 Å². The molecule has 514 valence electrons. The van der Waals surface area contributed by atoms with E-state index in [0.717, 1.165) is 48.3 Å². The van der Waals surface area contributed by atoms with Gasteiger partial charge in [-0.25, -0.2) is 0 Å². The highest BCUT2D eigenvalue weighted by Crippen LogP contribution is 2.97. The Hall–Kier alpha value is -10.6. The fourth-order valence-corrected chi connectivity index (χ4v) is 31.1. The Morgan fingerprint density at radius 3 is 0.771 bits per heavy atom. The van der Waals surface area contributed by atoms with E-state index >= 15 is 9.59 Å². The maximum absolute atomic E-state index is 18.4. The Balaban J connectivity index is 0.646. The number of ether oxygens (including phenoxy) is 4. The molecule has 0 atom stereocenters. The molecule has 0 N–H and O–H groups in total. The molecule has 2 spiro atoms. The summed E-state index contributed by atoms with van der Waals surface area (Å²) in [6.07, 6.45) is 30.1. The summed E-state index contributed by atoms with van der Waals surface area (Å²) in [6.45, 7) is 5.91. The van der Waals surface area contributed by atoms with Crippen LogP contribution < -0.4 is 9.47 Å².